The topological polar surface area (TPSA) is 95.0 Å². The summed E-state index contributed by atoms with van der Waals surface area (Å²) in [5.74, 6) is -0.437. The molecule has 0 saturated carbocycles. The zero-order chi connectivity index (χ0) is 13.0. The van der Waals surface area contributed by atoms with Gasteiger partial charge in [-0.3, -0.25) is 0 Å². The van der Waals surface area contributed by atoms with Crippen molar-refractivity contribution in [3.63, 3.8) is 0 Å². The van der Waals surface area contributed by atoms with E-state index in [9.17, 15) is 0 Å². The molecule has 2 atom stereocenters. The van der Waals surface area contributed by atoms with Crippen molar-refractivity contribution in [1.29, 1.82) is 0 Å². The molecule has 0 aromatic heterocycles. The SMILES string of the molecule is C(OCC1CO1)C1CO1.Oc1cc(O)cc(O)c1. The maximum absolute atomic E-state index is 8.67. The van der Waals surface area contributed by atoms with Crippen LogP contribution in [0.15, 0.2) is 18.2 Å². The van der Waals surface area contributed by atoms with Gasteiger partial charge in [-0.1, -0.05) is 0 Å². The van der Waals surface area contributed by atoms with Crippen LogP contribution in [0.5, 0.6) is 17.2 Å². The van der Waals surface area contributed by atoms with Crippen molar-refractivity contribution in [1.82, 2.24) is 0 Å². The van der Waals surface area contributed by atoms with Crippen LogP contribution in [-0.4, -0.2) is 54.0 Å². The molecule has 3 N–H and O–H groups in total. The predicted octanol–water partition coefficient (Wildman–Crippen LogP) is 0.604. The van der Waals surface area contributed by atoms with Gasteiger partial charge in [0, 0.05) is 18.2 Å². The van der Waals surface area contributed by atoms with E-state index in [2.05, 4.69) is 0 Å². The van der Waals surface area contributed by atoms with E-state index in [1.54, 1.807) is 0 Å². The van der Waals surface area contributed by atoms with Crippen LogP contribution in [-0.2, 0) is 14.2 Å². The summed E-state index contributed by atoms with van der Waals surface area (Å²) in [5, 5.41) is 26.0. The Balaban J connectivity index is 0.000000134. The van der Waals surface area contributed by atoms with Gasteiger partial charge < -0.3 is 29.5 Å². The fourth-order valence-electron chi connectivity index (χ4n) is 1.24. The summed E-state index contributed by atoms with van der Waals surface area (Å²) >= 11 is 0. The molecule has 1 aromatic rings. The first kappa shape index (κ1) is 12.9. The molecule has 100 valence electrons. The summed E-state index contributed by atoms with van der Waals surface area (Å²) in [5.41, 5.74) is 0. The quantitative estimate of drug-likeness (QED) is 0.683. The first-order chi connectivity index (χ1) is 8.63. The van der Waals surface area contributed by atoms with Gasteiger partial charge in [-0.05, 0) is 0 Å². The molecule has 6 heteroatoms. The molecule has 3 rings (SSSR count). The Kier molecular flexibility index (Phi) is 4.24. The monoisotopic (exact) mass is 256 g/mol. The molecular formula is C12H16O6. The average molecular weight is 256 g/mol. The Labute approximate surface area is 104 Å². The summed E-state index contributed by atoms with van der Waals surface area (Å²) in [6.45, 7) is 3.26. The molecule has 6 nitrogen and oxygen atoms in total. The van der Waals surface area contributed by atoms with Crippen LogP contribution in [0.2, 0.25) is 0 Å². The van der Waals surface area contributed by atoms with Gasteiger partial charge in [-0.25, -0.2) is 0 Å². The third-order valence-corrected chi connectivity index (χ3v) is 2.30. The lowest BCUT2D eigenvalue weighted by molar-refractivity contribution is 0.102. The van der Waals surface area contributed by atoms with Crippen molar-refractivity contribution in [3.05, 3.63) is 18.2 Å². The minimum absolute atomic E-state index is 0.146. The lowest BCUT2D eigenvalue weighted by atomic mass is 10.3. The van der Waals surface area contributed by atoms with Crippen LogP contribution < -0.4 is 0 Å². The van der Waals surface area contributed by atoms with Gasteiger partial charge in [0.05, 0.1) is 26.4 Å². The van der Waals surface area contributed by atoms with Crippen LogP contribution in [0.3, 0.4) is 0 Å². The molecule has 2 aliphatic heterocycles. The van der Waals surface area contributed by atoms with E-state index in [0.717, 1.165) is 44.6 Å². The number of aromatic hydroxyl groups is 3. The maximum atomic E-state index is 8.67. The fraction of sp³-hybridized carbons (Fsp3) is 0.500. The molecule has 18 heavy (non-hydrogen) atoms. The van der Waals surface area contributed by atoms with Gasteiger partial charge in [-0.15, -0.1) is 0 Å². The van der Waals surface area contributed by atoms with Crippen molar-refractivity contribution in [3.8, 4) is 17.2 Å². The molecule has 2 aliphatic rings. The zero-order valence-corrected chi connectivity index (χ0v) is 9.78. The van der Waals surface area contributed by atoms with E-state index < -0.39 is 0 Å². The Bertz CT molecular complexity index is 324. The second-order valence-corrected chi connectivity index (χ2v) is 4.16. The molecule has 0 amide bonds. The fourth-order valence-corrected chi connectivity index (χ4v) is 1.24. The van der Waals surface area contributed by atoms with E-state index in [4.69, 9.17) is 29.5 Å². The van der Waals surface area contributed by atoms with E-state index in [0.29, 0.717) is 12.2 Å². The van der Waals surface area contributed by atoms with Crippen molar-refractivity contribution in [2.45, 2.75) is 12.2 Å². The Morgan fingerprint density at radius 2 is 1.22 bits per heavy atom. The van der Waals surface area contributed by atoms with Crippen molar-refractivity contribution >= 4 is 0 Å². The second-order valence-electron chi connectivity index (χ2n) is 4.16. The van der Waals surface area contributed by atoms with Gasteiger partial charge >= 0.3 is 0 Å². The van der Waals surface area contributed by atoms with Gasteiger partial charge in [0.1, 0.15) is 29.5 Å². The number of epoxide rings is 2. The predicted molar refractivity (Wildman–Crippen MR) is 61.7 cm³/mol. The first-order valence-corrected chi connectivity index (χ1v) is 5.66. The smallest absolute Gasteiger partial charge is 0.122 e. The molecule has 0 radical (unpaired) electrons. The number of ether oxygens (including phenoxy) is 3. The van der Waals surface area contributed by atoms with E-state index in [1.165, 1.54) is 0 Å². The molecule has 1 aromatic carbocycles. The highest BCUT2D eigenvalue weighted by molar-refractivity contribution is 5.39. The summed E-state index contributed by atoms with van der Waals surface area (Å²) < 4.78 is 15.1. The maximum Gasteiger partial charge on any atom is 0.122 e. The summed E-state index contributed by atoms with van der Waals surface area (Å²) in [4.78, 5) is 0. The molecule has 2 fully saturated rings. The summed E-state index contributed by atoms with van der Waals surface area (Å²) in [6.07, 6.45) is 0.785. The number of hydrogen-bond donors (Lipinski definition) is 3. The van der Waals surface area contributed by atoms with E-state index >= 15 is 0 Å². The van der Waals surface area contributed by atoms with Gasteiger partial charge in [-0.2, -0.15) is 0 Å². The number of phenols is 3. The minimum atomic E-state index is -0.146. The molecule has 2 heterocycles. The van der Waals surface area contributed by atoms with Crippen molar-refractivity contribution < 1.29 is 29.5 Å². The first-order valence-electron chi connectivity index (χ1n) is 5.66. The third kappa shape index (κ3) is 5.22. The molecule has 0 bridgehead atoms. The number of rotatable bonds is 4. The minimum Gasteiger partial charge on any atom is -0.508 e. The third-order valence-electron chi connectivity index (χ3n) is 2.30. The van der Waals surface area contributed by atoms with Crippen molar-refractivity contribution in [2.24, 2.45) is 0 Å². The Hall–Kier alpha value is -1.50. The van der Waals surface area contributed by atoms with E-state index in [-0.39, 0.29) is 17.2 Å². The largest absolute Gasteiger partial charge is 0.508 e. The van der Waals surface area contributed by atoms with Crippen LogP contribution in [0.4, 0.5) is 0 Å². The molecule has 0 aliphatic carbocycles. The Morgan fingerprint density at radius 3 is 1.50 bits per heavy atom. The average Bonchev–Trinajstić information content (AvgIpc) is 3.10. The Morgan fingerprint density at radius 1 is 0.889 bits per heavy atom. The molecule has 2 unspecified atom stereocenters. The zero-order valence-electron chi connectivity index (χ0n) is 9.78. The van der Waals surface area contributed by atoms with Crippen LogP contribution in [0.1, 0.15) is 0 Å². The van der Waals surface area contributed by atoms with Crippen LogP contribution in [0.25, 0.3) is 0 Å². The number of benzene rings is 1. The second kappa shape index (κ2) is 5.90. The lowest BCUT2D eigenvalue weighted by Crippen LogP contribution is -2.06. The highest BCUT2D eigenvalue weighted by Crippen LogP contribution is 2.23. The highest BCUT2D eigenvalue weighted by atomic mass is 16.6. The number of hydrogen-bond acceptors (Lipinski definition) is 6. The molecular weight excluding hydrogens is 240 g/mol. The summed E-state index contributed by atoms with van der Waals surface area (Å²) in [7, 11) is 0. The highest BCUT2D eigenvalue weighted by Gasteiger charge is 2.26. The van der Waals surface area contributed by atoms with Gasteiger partial charge in [0.25, 0.3) is 0 Å². The van der Waals surface area contributed by atoms with Gasteiger partial charge in [0.2, 0.25) is 0 Å². The van der Waals surface area contributed by atoms with Crippen LogP contribution in [0, 0.1) is 0 Å². The summed E-state index contributed by atoms with van der Waals surface area (Å²) in [6, 6.07) is 3.42. The van der Waals surface area contributed by atoms with Crippen LogP contribution >= 0.6 is 0 Å². The van der Waals surface area contributed by atoms with Crippen molar-refractivity contribution in [2.75, 3.05) is 26.4 Å². The molecule has 0 spiro atoms. The molecule has 2 saturated heterocycles. The number of phenolic OH excluding ortho intramolecular Hbond substituents is 3. The standard InChI is InChI=1S/C6H10O3.C6H6O3/c1(5-3-8-5)7-2-6-4-9-6;7-4-1-5(8)3-6(9)2-4/h5-6H,1-4H2;1-3,7-9H. The normalized spacial score (nSPS) is 24.0. The van der Waals surface area contributed by atoms with Gasteiger partial charge in [0.15, 0.2) is 0 Å². The lowest BCUT2D eigenvalue weighted by Gasteiger charge is -1.95. The van der Waals surface area contributed by atoms with E-state index in [1.807, 2.05) is 0 Å².